The molecule has 1 N–H and O–H groups in total. The third-order valence-electron chi connectivity index (χ3n) is 1.73. The zero-order valence-electron chi connectivity index (χ0n) is 6.65. The number of aromatic hydroxyl groups is 1. The van der Waals surface area contributed by atoms with Gasteiger partial charge in [0.15, 0.2) is 0 Å². The highest BCUT2D eigenvalue weighted by molar-refractivity contribution is 5.83. The predicted molar refractivity (Wildman–Crippen MR) is 45.9 cm³/mol. The van der Waals surface area contributed by atoms with Gasteiger partial charge in [-0.2, -0.15) is 0 Å². The van der Waals surface area contributed by atoms with E-state index in [0.717, 1.165) is 16.6 Å². The van der Waals surface area contributed by atoms with Gasteiger partial charge in [-0.05, 0) is 19.1 Å². The summed E-state index contributed by atoms with van der Waals surface area (Å²) in [5, 5.41) is 10.1. The zero-order chi connectivity index (χ0) is 8.55. The first-order valence-corrected chi connectivity index (χ1v) is 3.68. The largest absolute Gasteiger partial charge is 0.506 e. The molecule has 0 atom stereocenters. The molecule has 0 aromatic carbocycles. The van der Waals surface area contributed by atoms with Crippen LogP contribution in [-0.4, -0.2) is 15.1 Å². The number of hydrogen-bond donors (Lipinski definition) is 1. The van der Waals surface area contributed by atoms with Crippen LogP contribution in [0.3, 0.4) is 0 Å². The van der Waals surface area contributed by atoms with Crippen LogP contribution in [0.2, 0.25) is 0 Å². The summed E-state index contributed by atoms with van der Waals surface area (Å²) in [5.41, 5.74) is 1.66. The molecule has 0 fully saturated rings. The summed E-state index contributed by atoms with van der Waals surface area (Å²) in [4.78, 5) is 8.06. The molecular weight excluding hydrogens is 152 g/mol. The van der Waals surface area contributed by atoms with Gasteiger partial charge in [0.2, 0.25) is 0 Å². The van der Waals surface area contributed by atoms with Crippen molar-refractivity contribution >= 4 is 10.9 Å². The molecule has 0 aliphatic carbocycles. The van der Waals surface area contributed by atoms with E-state index >= 15 is 0 Å². The molecule has 3 nitrogen and oxygen atoms in total. The van der Waals surface area contributed by atoms with Gasteiger partial charge in [0.25, 0.3) is 0 Å². The van der Waals surface area contributed by atoms with Crippen LogP contribution < -0.4 is 0 Å². The second-order valence-corrected chi connectivity index (χ2v) is 2.68. The van der Waals surface area contributed by atoms with Gasteiger partial charge in [0, 0.05) is 11.1 Å². The van der Waals surface area contributed by atoms with E-state index in [9.17, 15) is 5.11 Å². The van der Waals surface area contributed by atoms with Gasteiger partial charge >= 0.3 is 0 Å². The molecule has 2 rings (SSSR count). The highest BCUT2D eigenvalue weighted by Crippen LogP contribution is 2.20. The Morgan fingerprint density at radius 2 is 2.08 bits per heavy atom. The number of pyridine rings is 2. The molecule has 0 spiro atoms. The molecule has 2 aromatic rings. The smallest absolute Gasteiger partial charge is 0.143 e. The van der Waals surface area contributed by atoms with Crippen molar-refractivity contribution in [3.05, 3.63) is 30.2 Å². The van der Waals surface area contributed by atoms with Crippen LogP contribution in [0, 0.1) is 6.92 Å². The van der Waals surface area contributed by atoms with Crippen molar-refractivity contribution < 1.29 is 5.11 Å². The van der Waals surface area contributed by atoms with Crippen LogP contribution in [0.5, 0.6) is 5.75 Å². The molecule has 0 aliphatic rings. The lowest BCUT2D eigenvalue weighted by Gasteiger charge is -1.99. The van der Waals surface area contributed by atoms with Crippen molar-refractivity contribution in [2.75, 3.05) is 0 Å². The summed E-state index contributed by atoms with van der Waals surface area (Å²) in [6.07, 6.45) is 3.06. The maximum absolute atomic E-state index is 9.36. The molecule has 0 amide bonds. The fraction of sp³-hybridized carbons (Fsp3) is 0.111. The van der Waals surface area contributed by atoms with Crippen molar-refractivity contribution in [3.63, 3.8) is 0 Å². The summed E-state index contributed by atoms with van der Waals surface area (Å²) < 4.78 is 0. The van der Waals surface area contributed by atoms with Crippen molar-refractivity contribution in [2.24, 2.45) is 0 Å². The topological polar surface area (TPSA) is 46.0 Å². The molecule has 0 bridgehead atoms. The van der Waals surface area contributed by atoms with Gasteiger partial charge in [0.1, 0.15) is 5.75 Å². The van der Waals surface area contributed by atoms with Crippen molar-refractivity contribution in [3.8, 4) is 5.75 Å². The second kappa shape index (κ2) is 2.44. The number of hydrogen-bond acceptors (Lipinski definition) is 3. The van der Waals surface area contributed by atoms with E-state index in [-0.39, 0.29) is 5.75 Å². The molecule has 3 heteroatoms. The number of fused-ring (bicyclic) bond motifs is 1. The summed E-state index contributed by atoms with van der Waals surface area (Å²) in [6, 6.07) is 3.71. The first-order valence-electron chi connectivity index (χ1n) is 3.68. The van der Waals surface area contributed by atoms with Crippen LogP contribution >= 0.6 is 0 Å². The summed E-state index contributed by atoms with van der Waals surface area (Å²) in [6.45, 7) is 1.91. The minimum absolute atomic E-state index is 0.181. The van der Waals surface area contributed by atoms with Gasteiger partial charge in [-0.15, -0.1) is 0 Å². The van der Waals surface area contributed by atoms with E-state index in [4.69, 9.17) is 0 Å². The Kier molecular flexibility index (Phi) is 1.43. The van der Waals surface area contributed by atoms with Crippen molar-refractivity contribution in [1.29, 1.82) is 0 Å². The van der Waals surface area contributed by atoms with E-state index in [2.05, 4.69) is 9.97 Å². The fourth-order valence-corrected chi connectivity index (χ4v) is 1.14. The molecule has 2 aromatic heterocycles. The Balaban J connectivity index is 2.86. The zero-order valence-corrected chi connectivity index (χ0v) is 6.65. The number of aromatic nitrogens is 2. The predicted octanol–water partition coefficient (Wildman–Crippen LogP) is 1.64. The van der Waals surface area contributed by atoms with Gasteiger partial charge in [0.05, 0.1) is 17.9 Å². The molecule has 0 aliphatic heterocycles. The van der Waals surface area contributed by atoms with Crippen LogP contribution in [0.25, 0.3) is 10.9 Å². The highest BCUT2D eigenvalue weighted by Gasteiger charge is 1.99. The lowest BCUT2D eigenvalue weighted by atomic mass is 10.2. The molecule has 12 heavy (non-hydrogen) atoms. The van der Waals surface area contributed by atoms with E-state index < -0.39 is 0 Å². The Morgan fingerprint density at radius 3 is 2.92 bits per heavy atom. The summed E-state index contributed by atoms with van der Waals surface area (Å²) >= 11 is 0. The van der Waals surface area contributed by atoms with Gasteiger partial charge < -0.3 is 5.11 Å². The van der Waals surface area contributed by atoms with Crippen LogP contribution in [-0.2, 0) is 0 Å². The van der Waals surface area contributed by atoms with Crippen molar-refractivity contribution in [1.82, 2.24) is 9.97 Å². The quantitative estimate of drug-likeness (QED) is 0.637. The third-order valence-corrected chi connectivity index (χ3v) is 1.73. The molecule has 0 saturated heterocycles. The van der Waals surface area contributed by atoms with E-state index in [1.54, 1.807) is 6.20 Å². The maximum Gasteiger partial charge on any atom is 0.143 e. The first kappa shape index (κ1) is 7.03. The van der Waals surface area contributed by atoms with Crippen LogP contribution in [0.4, 0.5) is 0 Å². The molecule has 2 heterocycles. The molecule has 0 saturated carbocycles. The van der Waals surface area contributed by atoms with Gasteiger partial charge in [-0.3, -0.25) is 9.97 Å². The number of aryl methyl sites for hydroxylation is 1. The minimum atomic E-state index is 0.181. The SMILES string of the molecule is Cc1ccc2c(O)cncc2n1. The lowest BCUT2D eigenvalue weighted by molar-refractivity contribution is 0.479. The highest BCUT2D eigenvalue weighted by atomic mass is 16.3. The molecule has 0 radical (unpaired) electrons. The number of nitrogens with zero attached hydrogens (tertiary/aromatic N) is 2. The van der Waals surface area contributed by atoms with Gasteiger partial charge in [-0.25, -0.2) is 0 Å². The van der Waals surface area contributed by atoms with Crippen molar-refractivity contribution in [2.45, 2.75) is 6.92 Å². The Morgan fingerprint density at radius 1 is 1.25 bits per heavy atom. The van der Waals surface area contributed by atoms with Gasteiger partial charge in [-0.1, -0.05) is 0 Å². The molecule has 60 valence electrons. The van der Waals surface area contributed by atoms with Crippen LogP contribution in [0.15, 0.2) is 24.5 Å². The van der Waals surface area contributed by atoms with E-state index in [1.165, 1.54) is 6.20 Å². The lowest BCUT2D eigenvalue weighted by Crippen LogP contribution is -1.84. The summed E-state index contributed by atoms with van der Waals surface area (Å²) in [5.74, 6) is 0.181. The normalized spacial score (nSPS) is 10.4. The Hall–Kier alpha value is -1.64. The maximum atomic E-state index is 9.36. The standard InChI is InChI=1S/C9H8N2O/c1-6-2-3-7-8(11-6)4-10-5-9(7)12/h2-5,12H,1H3. The van der Waals surface area contributed by atoms with E-state index in [0.29, 0.717) is 0 Å². The molecular formula is C9H8N2O. The van der Waals surface area contributed by atoms with Crippen LogP contribution in [0.1, 0.15) is 5.69 Å². The van der Waals surface area contributed by atoms with E-state index in [1.807, 2.05) is 19.1 Å². The number of rotatable bonds is 0. The summed E-state index contributed by atoms with van der Waals surface area (Å²) in [7, 11) is 0. The molecule has 0 unspecified atom stereocenters. The second-order valence-electron chi connectivity index (χ2n) is 2.68. The Bertz CT molecular complexity index is 426. The monoisotopic (exact) mass is 160 g/mol. The minimum Gasteiger partial charge on any atom is -0.506 e. The average molecular weight is 160 g/mol. The fourth-order valence-electron chi connectivity index (χ4n) is 1.14. The Labute approximate surface area is 69.7 Å². The first-order chi connectivity index (χ1) is 5.77. The average Bonchev–Trinajstić information content (AvgIpc) is 2.04. The third kappa shape index (κ3) is 0.993.